The fourth-order valence-corrected chi connectivity index (χ4v) is 4.44. The predicted molar refractivity (Wildman–Crippen MR) is 99.3 cm³/mol. The second-order valence-electron chi connectivity index (χ2n) is 7.33. The molecular weight excluding hydrogens is 340 g/mol. The monoisotopic (exact) mass is 362 g/mol. The van der Waals surface area contributed by atoms with Gasteiger partial charge in [0.2, 0.25) is 5.91 Å². The van der Waals surface area contributed by atoms with E-state index in [0.717, 1.165) is 42.4 Å². The highest BCUT2D eigenvalue weighted by atomic mass is 16.3. The molecule has 3 atom stereocenters. The second-order valence-corrected chi connectivity index (χ2v) is 7.33. The van der Waals surface area contributed by atoms with E-state index in [-0.39, 0.29) is 30.4 Å². The van der Waals surface area contributed by atoms with E-state index in [4.69, 9.17) is 0 Å². The highest BCUT2D eigenvalue weighted by Gasteiger charge is 2.52. The number of nitriles is 1. The summed E-state index contributed by atoms with van der Waals surface area (Å²) in [7, 11) is 0. The molecule has 2 aliphatic rings. The van der Waals surface area contributed by atoms with E-state index in [2.05, 4.69) is 16.0 Å². The van der Waals surface area contributed by atoms with Gasteiger partial charge in [0, 0.05) is 29.8 Å². The van der Waals surface area contributed by atoms with Gasteiger partial charge in [0.25, 0.3) is 0 Å². The average Bonchev–Trinajstić information content (AvgIpc) is 3.24. The lowest BCUT2D eigenvalue weighted by molar-refractivity contribution is -0.151. The van der Waals surface area contributed by atoms with Crippen LogP contribution in [0, 0.1) is 17.2 Å². The van der Waals surface area contributed by atoms with Crippen LogP contribution in [0.2, 0.25) is 0 Å². The fraction of sp³-hybridized carbons (Fsp3) is 0.429. The molecule has 0 spiro atoms. The Hall–Kier alpha value is -2.78. The highest BCUT2D eigenvalue weighted by molar-refractivity contribution is 5.82. The number of hydrogen-bond donors (Lipinski definition) is 1. The molecule has 27 heavy (non-hydrogen) atoms. The Kier molecular flexibility index (Phi) is 4.87. The Balaban J connectivity index is 1.56. The van der Waals surface area contributed by atoms with Gasteiger partial charge >= 0.3 is 0 Å². The number of hydrogen-bond acceptors (Lipinski definition) is 5. The molecule has 1 aliphatic heterocycles. The maximum absolute atomic E-state index is 12.8. The van der Waals surface area contributed by atoms with Crippen molar-refractivity contribution in [3.63, 3.8) is 0 Å². The van der Waals surface area contributed by atoms with E-state index in [0.29, 0.717) is 0 Å². The first-order valence-electron chi connectivity index (χ1n) is 9.42. The molecule has 6 nitrogen and oxygen atoms in total. The Morgan fingerprint density at radius 2 is 1.81 bits per heavy atom. The van der Waals surface area contributed by atoms with Crippen LogP contribution < -0.4 is 0 Å². The Bertz CT molecular complexity index is 841. The van der Waals surface area contributed by atoms with Crippen molar-refractivity contribution in [2.45, 2.75) is 43.7 Å². The lowest BCUT2D eigenvalue weighted by Gasteiger charge is -2.52. The zero-order valence-corrected chi connectivity index (χ0v) is 15.0. The van der Waals surface area contributed by atoms with Crippen LogP contribution in [0.4, 0.5) is 0 Å². The second kappa shape index (κ2) is 7.45. The van der Waals surface area contributed by atoms with Crippen molar-refractivity contribution in [1.29, 1.82) is 5.26 Å². The van der Waals surface area contributed by atoms with E-state index in [9.17, 15) is 15.2 Å². The molecule has 1 saturated heterocycles. The summed E-state index contributed by atoms with van der Waals surface area (Å²) in [5.41, 5.74) is 2.88. The molecule has 0 radical (unpaired) electrons. The van der Waals surface area contributed by atoms with E-state index in [1.165, 1.54) is 6.33 Å². The molecule has 1 N–H and O–H groups in total. The van der Waals surface area contributed by atoms with E-state index < -0.39 is 6.04 Å². The molecule has 2 fully saturated rings. The molecule has 1 aromatic heterocycles. The zero-order valence-electron chi connectivity index (χ0n) is 15.0. The summed E-state index contributed by atoms with van der Waals surface area (Å²) in [5, 5.41) is 19.6. The van der Waals surface area contributed by atoms with Gasteiger partial charge in [-0.05, 0) is 24.0 Å². The minimum atomic E-state index is -0.513. The highest BCUT2D eigenvalue weighted by Crippen LogP contribution is 2.43. The minimum Gasteiger partial charge on any atom is -0.394 e. The summed E-state index contributed by atoms with van der Waals surface area (Å²) >= 11 is 0. The van der Waals surface area contributed by atoms with Crippen molar-refractivity contribution in [3.05, 3.63) is 48.5 Å². The number of amides is 1. The third-order valence-electron chi connectivity index (χ3n) is 5.88. The van der Waals surface area contributed by atoms with Crippen LogP contribution in [0.15, 0.2) is 43.0 Å². The third-order valence-corrected chi connectivity index (χ3v) is 5.88. The van der Waals surface area contributed by atoms with Crippen molar-refractivity contribution in [2.75, 3.05) is 6.61 Å². The van der Waals surface area contributed by atoms with Crippen molar-refractivity contribution in [3.8, 4) is 17.2 Å². The first-order chi connectivity index (χ1) is 13.2. The van der Waals surface area contributed by atoms with Gasteiger partial charge in [0.1, 0.15) is 12.4 Å². The van der Waals surface area contributed by atoms with Crippen LogP contribution in [0.5, 0.6) is 0 Å². The third kappa shape index (κ3) is 3.08. The number of aromatic nitrogens is 2. The number of aliphatic hydroxyl groups excluding tert-OH is 1. The standard InChI is InChI=1S/C21H22N4O2/c22-9-18-20(19(12-26)25(18)21(27)16-3-1-2-4-16)15-7-5-14(6-8-15)17-10-23-13-24-11-17/h5-8,10-11,13,16,18-20,26H,1-4,12H2/t18-,19+,20-/m1/s1. The summed E-state index contributed by atoms with van der Waals surface area (Å²) in [6, 6.07) is 9.33. The van der Waals surface area contributed by atoms with Crippen molar-refractivity contribution >= 4 is 5.91 Å². The van der Waals surface area contributed by atoms with E-state index in [1.54, 1.807) is 17.3 Å². The molecule has 2 aromatic rings. The number of carbonyl (C=O) groups is 1. The number of aliphatic hydroxyl groups is 1. The van der Waals surface area contributed by atoms with Gasteiger partial charge in [0.15, 0.2) is 0 Å². The van der Waals surface area contributed by atoms with Gasteiger partial charge in [-0.1, -0.05) is 37.1 Å². The zero-order chi connectivity index (χ0) is 18.8. The molecule has 1 aliphatic carbocycles. The quantitative estimate of drug-likeness (QED) is 0.902. The van der Waals surface area contributed by atoms with Gasteiger partial charge in [-0.25, -0.2) is 9.97 Å². The maximum Gasteiger partial charge on any atom is 0.227 e. The van der Waals surface area contributed by atoms with E-state index >= 15 is 0 Å². The number of likely N-dealkylation sites (tertiary alicyclic amines) is 1. The normalized spacial score (nSPS) is 25.0. The Morgan fingerprint density at radius 1 is 1.15 bits per heavy atom. The summed E-state index contributed by atoms with van der Waals surface area (Å²) in [6.45, 7) is -0.129. The number of carbonyl (C=O) groups excluding carboxylic acids is 1. The van der Waals surface area contributed by atoms with Gasteiger partial charge in [-0.3, -0.25) is 4.79 Å². The van der Waals surface area contributed by atoms with Crippen molar-refractivity contribution in [1.82, 2.24) is 14.9 Å². The first-order valence-corrected chi connectivity index (χ1v) is 9.42. The van der Waals surface area contributed by atoms with E-state index in [1.807, 2.05) is 24.3 Å². The summed E-state index contributed by atoms with van der Waals surface area (Å²) in [4.78, 5) is 22.5. The molecule has 6 heteroatoms. The SMILES string of the molecule is N#C[C@@H]1[C@@H](c2ccc(-c3cncnc3)cc2)[C@H](CO)N1C(=O)C1CCCC1. The molecular formula is C21H22N4O2. The lowest BCUT2D eigenvalue weighted by atomic mass is 9.74. The molecule has 4 rings (SSSR count). The van der Waals surface area contributed by atoms with Gasteiger partial charge < -0.3 is 10.0 Å². The molecule has 1 amide bonds. The molecule has 1 aromatic carbocycles. The number of nitrogens with zero attached hydrogens (tertiary/aromatic N) is 4. The van der Waals surface area contributed by atoms with Crippen LogP contribution in [0.3, 0.4) is 0 Å². The molecule has 2 heterocycles. The number of rotatable bonds is 4. The van der Waals surface area contributed by atoms with Gasteiger partial charge in [0.05, 0.1) is 18.7 Å². The topological polar surface area (TPSA) is 90.1 Å². The molecule has 138 valence electrons. The van der Waals surface area contributed by atoms with Crippen LogP contribution >= 0.6 is 0 Å². The van der Waals surface area contributed by atoms with Crippen LogP contribution in [0.25, 0.3) is 11.1 Å². The fourth-order valence-electron chi connectivity index (χ4n) is 4.44. The molecule has 0 unspecified atom stereocenters. The van der Waals surface area contributed by atoms with Crippen molar-refractivity contribution < 1.29 is 9.90 Å². The summed E-state index contributed by atoms with van der Waals surface area (Å²) in [5.74, 6) is -0.116. The van der Waals surface area contributed by atoms with Crippen LogP contribution in [0.1, 0.15) is 37.2 Å². The average molecular weight is 362 g/mol. The Morgan fingerprint density at radius 3 is 2.41 bits per heavy atom. The van der Waals surface area contributed by atoms with Gasteiger partial charge in [-0.2, -0.15) is 5.26 Å². The Labute approximate surface area is 158 Å². The van der Waals surface area contributed by atoms with Crippen molar-refractivity contribution in [2.24, 2.45) is 5.92 Å². The number of benzene rings is 1. The van der Waals surface area contributed by atoms with Crippen LogP contribution in [-0.2, 0) is 4.79 Å². The summed E-state index contributed by atoms with van der Waals surface area (Å²) < 4.78 is 0. The lowest BCUT2D eigenvalue weighted by Crippen LogP contribution is -2.66. The molecule has 0 bridgehead atoms. The first kappa shape index (κ1) is 17.6. The predicted octanol–water partition coefficient (Wildman–Crippen LogP) is 2.51. The smallest absolute Gasteiger partial charge is 0.227 e. The van der Waals surface area contributed by atoms with Crippen LogP contribution in [-0.4, -0.2) is 44.6 Å². The molecule has 1 saturated carbocycles. The maximum atomic E-state index is 12.8. The minimum absolute atomic E-state index is 0.0105. The largest absolute Gasteiger partial charge is 0.394 e. The summed E-state index contributed by atoms with van der Waals surface area (Å²) in [6.07, 6.45) is 8.92. The van der Waals surface area contributed by atoms with Gasteiger partial charge in [-0.15, -0.1) is 0 Å².